The summed E-state index contributed by atoms with van der Waals surface area (Å²) >= 11 is 0. The average molecular weight is 197 g/mol. The number of aryl methyl sites for hydroxylation is 2. The molecule has 15 heavy (non-hydrogen) atoms. The first-order valence-corrected chi connectivity index (χ1v) is 4.72. The van der Waals surface area contributed by atoms with Crippen molar-refractivity contribution in [2.24, 2.45) is 7.05 Å². The minimum absolute atomic E-state index is 0.454. The van der Waals surface area contributed by atoms with Crippen molar-refractivity contribution in [3.63, 3.8) is 0 Å². The Bertz CT molecular complexity index is 532. The van der Waals surface area contributed by atoms with E-state index in [9.17, 15) is 0 Å². The normalized spacial score (nSPS) is 9.93. The molecule has 2 rings (SSSR count). The maximum Gasteiger partial charge on any atom is 0.159 e. The largest absolute Gasteiger partial charge is 0.333 e. The van der Waals surface area contributed by atoms with E-state index in [4.69, 9.17) is 5.26 Å². The average Bonchev–Trinajstić information content (AvgIpc) is 2.60. The van der Waals surface area contributed by atoms with Gasteiger partial charge in [-0.2, -0.15) is 5.26 Å². The quantitative estimate of drug-likeness (QED) is 0.703. The molecule has 0 fully saturated rings. The van der Waals surface area contributed by atoms with Crippen LogP contribution in [0, 0.1) is 18.3 Å². The number of hydrogen-bond donors (Lipinski definition) is 0. The van der Waals surface area contributed by atoms with Crippen LogP contribution in [0.4, 0.5) is 0 Å². The third-order valence-electron chi connectivity index (χ3n) is 2.38. The lowest BCUT2D eigenvalue weighted by Gasteiger charge is -2.04. The van der Waals surface area contributed by atoms with Crippen LogP contribution in [-0.2, 0) is 7.05 Å². The summed E-state index contributed by atoms with van der Waals surface area (Å²) in [6.45, 7) is 2.04. The highest BCUT2D eigenvalue weighted by atomic mass is 15.0. The van der Waals surface area contributed by atoms with Crippen molar-refractivity contribution in [3.05, 3.63) is 41.7 Å². The molecule has 1 heterocycles. The predicted molar refractivity (Wildman–Crippen MR) is 58.1 cm³/mol. The Balaban J connectivity index is 2.60. The molecule has 3 nitrogen and oxygen atoms in total. The summed E-state index contributed by atoms with van der Waals surface area (Å²) in [5.74, 6) is 0.838. The van der Waals surface area contributed by atoms with Gasteiger partial charge in [-0.25, -0.2) is 4.98 Å². The van der Waals surface area contributed by atoms with Crippen molar-refractivity contribution in [1.82, 2.24) is 9.55 Å². The molecular weight excluding hydrogens is 186 g/mol. The monoisotopic (exact) mass is 197 g/mol. The van der Waals surface area contributed by atoms with Gasteiger partial charge in [-0.05, 0) is 12.5 Å². The predicted octanol–water partition coefficient (Wildman–Crippen LogP) is 2.27. The Hall–Kier alpha value is -2.08. The molecule has 0 radical (unpaired) electrons. The second-order valence-corrected chi connectivity index (χ2v) is 3.49. The van der Waals surface area contributed by atoms with Gasteiger partial charge in [0.1, 0.15) is 11.9 Å². The fourth-order valence-corrected chi connectivity index (χ4v) is 1.59. The number of benzene rings is 1. The van der Waals surface area contributed by atoms with Gasteiger partial charge in [0.15, 0.2) is 5.69 Å². The molecule has 0 N–H and O–H groups in total. The number of nitrogens with zero attached hydrogens (tertiary/aromatic N) is 3. The smallest absolute Gasteiger partial charge is 0.159 e. The molecule has 0 spiro atoms. The van der Waals surface area contributed by atoms with Gasteiger partial charge >= 0.3 is 0 Å². The second-order valence-electron chi connectivity index (χ2n) is 3.49. The third kappa shape index (κ3) is 1.62. The molecule has 3 heteroatoms. The summed E-state index contributed by atoms with van der Waals surface area (Å²) < 4.78 is 1.88. The molecule has 2 aromatic rings. The summed E-state index contributed by atoms with van der Waals surface area (Å²) in [6, 6.07) is 10.1. The van der Waals surface area contributed by atoms with E-state index < -0.39 is 0 Å². The molecular formula is C12H11N3. The SMILES string of the molecule is Cc1ccccc1-c1nc(C#N)cn1C. The van der Waals surface area contributed by atoms with Crippen LogP contribution in [0.1, 0.15) is 11.3 Å². The van der Waals surface area contributed by atoms with E-state index in [1.165, 1.54) is 0 Å². The highest BCUT2D eigenvalue weighted by molar-refractivity contribution is 5.61. The summed E-state index contributed by atoms with van der Waals surface area (Å²) in [7, 11) is 1.90. The van der Waals surface area contributed by atoms with Crippen molar-refractivity contribution in [2.45, 2.75) is 6.92 Å². The maximum absolute atomic E-state index is 8.77. The van der Waals surface area contributed by atoms with Gasteiger partial charge in [-0.1, -0.05) is 24.3 Å². The van der Waals surface area contributed by atoms with Crippen LogP contribution in [0.3, 0.4) is 0 Å². The Kier molecular flexibility index (Phi) is 2.26. The Labute approximate surface area is 88.6 Å². The molecule has 0 saturated carbocycles. The molecule has 1 aromatic heterocycles. The van der Waals surface area contributed by atoms with Gasteiger partial charge in [0, 0.05) is 18.8 Å². The zero-order valence-electron chi connectivity index (χ0n) is 8.73. The molecule has 0 amide bonds. The number of aromatic nitrogens is 2. The third-order valence-corrected chi connectivity index (χ3v) is 2.38. The molecule has 74 valence electrons. The molecule has 0 bridgehead atoms. The molecule has 0 aliphatic carbocycles. The minimum atomic E-state index is 0.454. The van der Waals surface area contributed by atoms with Crippen LogP contribution in [0.2, 0.25) is 0 Å². The zero-order chi connectivity index (χ0) is 10.8. The number of nitriles is 1. The summed E-state index contributed by atoms with van der Waals surface area (Å²) in [4.78, 5) is 4.26. The van der Waals surface area contributed by atoms with E-state index >= 15 is 0 Å². The Morgan fingerprint density at radius 3 is 2.67 bits per heavy atom. The van der Waals surface area contributed by atoms with Crippen molar-refractivity contribution in [2.75, 3.05) is 0 Å². The zero-order valence-corrected chi connectivity index (χ0v) is 8.73. The standard InChI is InChI=1S/C12H11N3/c1-9-5-3-4-6-11(9)12-14-10(7-13)8-15(12)2/h3-6,8H,1-2H3. The number of rotatable bonds is 1. The second kappa shape index (κ2) is 3.58. The van der Waals surface area contributed by atoms with Gasteiger partial charge < -0.3 is 4.57 Å². The van der Waals surface area contributed by atoms with Gasteiger partial charge in [0.05, 0.1) is 0 Å². The van der Waals surface area contributed by atoms with Crippen LogP contribution in [-0.4, -0.2) is 9.55 Å². The summed E-state index contributed by atoms with van der Waals surface area (Å²) in [5, 5.41) is 8.77. The molecule has 0 atom stereocenters. The van der Waals surface area contributed by atoms with E-state index in [2.05, 4.69) is 4.98 Å². The van der Waals surface area contributed by atoms with Crippen molar-refractivity contribution >= 4 is 0 Å². The first-order chi connectivity index (χ1) is 7.22. The Morgan fingerprint density at radius 1 is 1.33 bits per heavy atom. The van der Waals surface area contributed by atoms with E-state index in [0.717, 1.165) is 17.0 Å². The summed E-state index contributed by atoms with van der Waals surface area (Å²) in [6.07, 6.45) is 1.74. The first-order valence-electron chi connectivity index (χ1n) is 4.72. The fraction of sp³-hybridized carbons (Fsp3) is 0.167. The number of imidazole rings is 1. The lowest BCUT2D eigenvalue weighted by Crippen LogP contribution is -1.92. The molecule has 1 aromatic carbocycles. The fourth-order valence-electron chi connectivity index (χ4n) is 1.59. The van der Waals surface area contributed by atoms with Gasteiger partial charge in [0.2, 0.25) is 0 Å². The van der Waals surface area contributed by atoms with Crippen LogP contribution >= 0.6 is 0 Å². The molecule has 0 unspecified atom stereocenters. The van der Waals surface area contributed by atoms with Crippen LogP contribution in [0.25, 0.3) is 11.4 Å². The van der Waals surface area contributed by atoms with Gasteiger partial charge in [-0.15, -0.1) is 0 Å². The number of hydrogen-bond acceptors (Lipinski definition) is 2. The van der Waals surface area contributed by atoms with Crippen molar-refractivity contribution < 1.29 is 0 Å². The summed E-state index contributed by atoms with van der Waals surface area (Å²) in [5.41, 5.74) is 2.69. The molecule has 0 saturated heterocycles. The first kappa shape index (κ1) is 9.47. The van der Waals surface area contributed by atoms with E-state index in [-0.39, 0.29) is 0 Å². The lowest BCUT2D eigenvalue weighted by molar-refractivity contribution is 0.923. The highest BCUT2D eigenvalue weighted by Gasteiger charge is 2.08. The van der Waals surface area contributed by atoms with Crippen molar-refractivity contribution in [3.8, 4) is 17.5 Å². The maximum atomic E-state index is 8.77. The molecule has 0 aliphatic rings. The van der Waals surface area contributed by atoms with E-state index in [1.807, 2.05) is 48.9 Å². The van der Waals surface area contributed by atoms with Gasteiger partial charge in [-0.3, -0.25) is 0 Å². The van der Waals surface area contributed by atoms with Crippen LogP contribution in [0.5, 0.6) is 0 Å². The topological polar surface area (TPSA) is 41.6 Å². The van der Waals surface area contributed by atoms with Crippen LogP contribution in [0.15, 0.2) is 30.5 Å². The Morgan fingerprint density at radius 2 is 2.07 bits per heavy atom. The van der Waals surface area contributed by atoms with E-state index in [0.29, 0.717) is 5.69 Å². The van der Waals surface area contributed by atoms with Crippen molar-refractivity contribution in [1.29, 1.82) is 5.26 Å². The van der Waals surface area contributed by atoms with Gasteiger partial charge in [0.25, 0.3) is 0 Å². The highest BCUT2D eigenvalue weighted by Crippen LogP contribution is 2.21. The van der Waals surface area contributed by atoms with E-state index in [1.54, 1.807) is 6.20 Å². The minimum Gasteiger partial charge on any atom is -0.333 e. The lowest BCUT2D eigenvalue weighted by atomic mass is 10.1. The van der Waals surface area contributed by atoms with Crippen LogP contribution < -0.4 is 0 Å². The molecule has 0 aliphatic heterocycles.